The monoisotopic (exact) mass is 429 g/mol. The van der Waals surface area contributed by atoms with Gasteiger partial charge in [-0.2, -0.15) is 4.99 Å². The van der Waals surface area contributed by atoms with Gasteiger partial charge in [0.25, 0.3) is 0 Å². The zero-order chi connectivity index (χ0) is 21.9. The van der Waals surface area contributed by atoms with Crippen molar-refractivity contribution >= 4 is 29.5 Å². The molecule has 162 valence electrons. The normalized spacial score (nSPS) is 12.2. The van der Waals surface area contributed by atoms with Crippen molar-refractivity contribution in [3.05, 3.63) is 41.4 Å². The maximum absolute atomic E-state index is 11.9. The van der Waals surface area contributed by atoms with E-state index in [2.05, 4.69) is 26.2 Å². The first-order valence-corrected chi connectivity index (χ1v) is 10.9. The molecule has 1 heterocycles. The van der Waals surface area contributed by atoms with Crippen molar-refractivity contribution in [3.8, 4) is 0 Å². The highest BCUT2D eigenvalue weighted by Crippen LogP contribution is 2.27. The van der Waals surface area contributed by atoms with Crippen LogP contribution in [0.1, 0.15) is 33.3 Å². The first-order chi connectivity index (χ1) is 14.5. The number of amidine groups is 1. The van der Waals surface area contributed by atoms with Crippen LogP contribution in [0, 0.1) is 0 Å². The Morgan fingerprint density at radius 2 is 2.00 bits per heavy atom. The van der Waals surface area contributed by atoms with Gasteiger partial charge in [-0.1, -0.05) is 30.8 Å². The SMILES string of the molecule is CCN=c1cc(Sc2cccc(CC(=O)NCC)c2)nc(/N=C(\C)NNCC)n1C. The second-order valence-electron chi connectivity index (χ2n) is 6.52. The van der Waals surface area contributed by atoms with Gasteiger partial charge in [-0.05, 0) is 38.5 Å². The fourth-order valence-corrected chi connectivity index (χ4v) is 3.55. The highest BCUT2D eigenvalue weighted by molar-refractivity contribution is 7.99. The number of hydrogen-bond donors (Lipinski definition) is 3. The Labute approximate surface area is 182 Å². The van der Waals surface area contributed by atoms with Crippen LogP contribution in [-0.4, -0.2) is 40.9 Å². The molecular formula is C21H31N7OS. The van der Waals surface area contributed by atoms with E-state index in [-0.39, 0.29) is 5.91 Å². The van der Waals surface area contributed by atoms with Crippen LogP contribution < -0.4 is 21.7 Å². The van der Waals surface area contributed by atoms with Crippen LogP contribution in [0.2, 0.25) is 0 Å². The summed E-state index contributed by atoms with van der Waals surface area (Å²) in [7, 11) is 1.91. The molecule has 0 spiro atoms. The highest BCUT2D eigenvalue weighted by atomic mass is 32.2. The zero-order valence-corrected chi connectivity index (χ0v) is 19.1. The fourth-order valence-electron chi connectivity index (χ4n) is 2.66. The van der Waals surface area contributed by atoms with Gasteiger partial charge < -0.3 is 10.7 Å². The molecule has 0 saturated carbocycles. The molecule has 0 aliphatic rings. The minimum Gasteiger partial charge on any atom is -0.356 e. The third-order valence-electron chi connectivity index (χ3n) is 4.00. The molecule has 0 aliphatic carbocycles. The summed E-state index contributed by atoms with van der Waals surface area (Å²) in [4.78, 5) is 26.8. The molecule has 0 atom stereocenters. The van der Waals surface area contributed by atoms with E-state index in [4.69, 9.17) is 4.98 Å². The van der Waals surface area contributed by atoms with Crippen molar-refractivity contribution in [1.29, 1.82) is 0 Å². The van der Waals surface area contributed by atoms with Crippen LogP contribution in [0.5, 0.6) is 0 Å². The van der Waals surface area contributed by atoms with E-state index in [1.165, 1.54) is 11.8 Å². The predicted octanol–water partition coefficient (Wildman–Crippen LogP) is 2.33. The Balaban J connectivity index is 2.33. The Bertz CT molecular complexity index is 953. The van der Waals surface area contributed by atoms with Crippen LogP contribution in [0.25, 0.3) is 0 Å². The largest absolute Gasteiger partial charge is 0.356 e. The molecule has 2 aromatic rings. The average Bonchev–Trinajstić information content (AvgIpc) is 2.70. The number of hydrogen-bond acceptors (Lipinski definition) is 6. The molecule has 0 aliphatic heterocycles. The highest BCUT2D eigenvalue weighted by Gasteiger charge is 2.08. The molecule has 0 radical (unpaired) electrons. The number of carbonyl (C=O) groups is 1. The number of amides is 1. The van der Waals surface area contributed by atoms with Gasteiger partial charge in [-0.15, -0.1) is 0 Å². The van der Waals surface area contributed by atoms with E-state index in [1.54, 1.807) is 0 Å². The lowest BCUT2D eigenvalue weighted by atomic mass is 10.1. The van der Waals surface area contributed by atoms with Gasteiger partial charge in [-0.3, -0.25) is 14.4 Å². The smallest absolute Gasteiger partial charge is 0.233 e. The lowest BCUT2D eigenvalue weighted by molar-refractivity contribution is -0.120. The Hall–Kier alpha value is -2.65. The van der Waals surface area contributed by atoms with E-state index in [1.807, 2.05) is 69.6 Å². The molecule has 1 aromatic heterocycles. The molecule has 30 heavy (non-hydrogen) atoms. The fraction of sp³-hybridized carbons (Fsp3) is 0.429. The number of nitrogens with zero attached hydrogens (tertiary/aromatic N) is 4. The second-order valence-corrected chi connectivity index (χ2v) is 7.61. The van der Waals surface area contributed by atoms with E-state index < -0.39 is 0 Å². The van der Waals surface area contributed by atoms with Crippen molar-refractivity contribution in [3.63, 3.8) is 0 Å². The first-order valence-electron chi connectivity index (χ1n) is 10.1. The van der Waals surface area contributed by atoms with Gasteiger partial charge in [0.2, 0.25) is 11.9 Å². The third kappa shape index (κ3) is 7.31. The minimum absolute atomic E-state index is 0.0221. The third-order valence-corrected chi connectivity index (χ3v) is 4.91. The number of likely N-dealkylation sites (N-methyl/N-ethyl adjacent to an activating group) is 1. The summed E-state index contributed by atoms with van der Waals surface area (Å²) in [5.41, 5.74) is 7.85. The van der Waals surface area contributed by atoms with Crippen molar-refractivity contribution in [1.82, 2.24) is 25.7 Å². The summed E-state index contributed by atoms with van der Waals surface area (Å²) < 4.78 is 1.87. The number of rotatable bonds is 9. The number of aromatic nitrogens is 2. The van der Waals surface area contributed by atoms with Gasteiger partial charge >= 0.3 is 0 Å². The topological polar surface area (TPSA) is 95.7 Å². The molecule has 1 amide bonds. The van der Waals surface area contributed by atoms with E-state index in [9.17, 15) is 4.79 Å². The molecule has 1 aromatic carbocycles. The van der Waals surface area contributed by atoms with Gasteiger partial charge in [0, 0.05) is 37.6 Å². The molecule has 2 rings (SSSR count). The van der Waals surface area contributed by atoms with Crippen molar-refractivity contribution in [2.24, 2.45) is 17.0 Å². The number of carbonyl (C=O) groups excluding carboxylic acids is 1. The maximum atomic E-state index is 11.9. The van der Waals surface area contributed by atoms with Crippen LogP contribution in [-0.2, 0) is 18.3 Å². The lowest BCUT2D eigenvalue weighted by Crippen LogP contribution is -2.35. The van der Waals surface area contributed by atoms with Crippen LogP contribution >= 0.6 is 11.8 Å². The number of hydrazine groups is 1. The van der Waals surface area contributed by atoms with Crippen LogP contribution in [0.15, 0.2) is 50.2 Å². The quantitative estimate of drug-likeness (QED) is 0.246. The Morgan fingerprint density at radius 3 is 2.70 bits per heavy atom. The zero-order valence-electron chi connectivity index (χ0n) is 18.3. The van der Waals surface area contributed by atoms with Crippen molar-refractivity contribution in [2.75, 3.05) is 19.6 Å². The van der Waals surface area contributed by atoms with Gasteiger partial charge in [0.15, 0.2) is 0 Å². The van der Waals surface area contributed by atoms with Gasteiger partial charge in [0.1, 0.15) is 16.3 Å². The number of nitrogens with one attached hydrogen (secondary N) is 3. The van der Waals surface area contributed by atoms with Crippen molar-refractivity contribution < 1.29 is 4.79 Å². The van der Waals surface area contributed by atoms with E-state index >= 15 is 0 Å². The van der Waals surface area contributed by atoms with E-state index in [0.717, 1.165) is 27.5 Å². The van der Waals surface area contributed by atoms with Crippen LogP contribution in [0.3, 0.4) is 0 Å². The molecular weight excluding hydrogens is 398 g/mol. The second kappa shape index (κ2) is 12.1. The van der Waals surface area contributed by atoms with Crippen molar-refractivity contribution in [2.45, 2.75) is 44.0 Å². The summed E-state index contributed by atoms with van der Waals surface area (Å²) in [6.07, 6.45) is 0.362. The molecule has 0 unspecified atom stereocenters. The first kappa shape index (κ1) is 23.6. The van der Waals surface area contributed by atoms with E-state index in [0.29, 0.717) is 31.3 Å². The Kier molecular flexibility index (Phi) is 9.56. The molecule has 0 bridgehead atoms. The molecule has 0 saturated heterocycles. The maximum Gasteiger partial charge on any atom is 0.233 e. The number of benzene rings is 1. The summed E-state index contributed by atoms with van der Waals surface area (Å²) >= 11 is 1.53. The summed E-state index contributed by atoms with van der Waals surface area (Å²) in [5, 5.41) is 3.63. The van der Waals surface area contributed by atoms with Gasteiger partial charge in [-0.25, -0.2) is 10.4 Å². The standard InChI is InChI=1S/C21H31N7OS/c1-6-22-18-14-20(26-21(28(18)5)25-15(4)27-24-8-3)30-17-11-9-10-16(12-17)13-19(29)23-7-2/h9-12,14,24H,6-8,13H2,1-5H3,(H,23,29)(H,25,26,27). The molecule has 0 fully saturated rings. The van der Waals surface area contributed by atoms with Gasteiger partial charge in [0.05, 0.1) is 6.42 Å². The lowest BCUT2D eigenvalue weighted by Gasteiger charge is -2.10. The number of aliphatic imine (C=N–C) groups is 1. The Morgan fingerprint density at radius 1 is 1.20 bits per heavy atom. The molecule has 8 nitrogen and oxygen atoms in total. The summed E-state index contributed by atoms with van der Waals surface area (Å²) in [6, 6.07) is 9.91. The van der Waals surface area contributed by atoms with Crippen LogP contribution in [0.4, 0.5) is 5.95 Å². The predicted molar refractivity (Wildman–Crippen MR) is 122 cm³/mol. The minimum atomic E-state index is 0.0221. The summed E-state index contributed by atoms with van der Waals surface area (Å²) in [5.74, 6) is 1.30. The summed E-state index contributed by atoms with van der Waals surface area (Å²) in [6.45, 7) is 9.89. The molecule has 9 heteroatoms. The average molecular weight is 430 g/mol. The molecule has 3 N–H and O–H groups in total.